The molecule has 0 saturated carbocycles. The molecule has 7 nitrogen and oxygen atoms in total. The van der Waals surface area contributed by atoms with Crippen LogP contribution < -0.4 is 11.3 Å². The number of amidine groups is 1. The molecule has 0 spiro atoms. The zero-order valence-corrected chi connectivity index (χ0v) is 18.0. The van der Waals surface area contributed by atoms with Crippen molar-refractivity contribution >= 4 is 29.1 Å². The van der Waals surface area contributed by atoms with Gasteiger partial charge in [0.25, 0.3) is 5.56 Å². The Balaban J connectivity index is 0.00000166. The Morgan fingerprint density at radius 1 is 1.23 bits per heavy atom. The Morgan fingerprint density at radius 2 is 1.87 bits per heavy atom. The summed E-state index contributed by atoms with van der Waals surface area (Å²) in [6.45, 7) is 7.37. The molecule has 2 aromatic carbocycles. The second kappa shape index (κ2) is 11.0. The lowest BCUT2D eigenvalue weighted by molar-refractivity contribution is 0.273. The number of nitrogens with zero attached hydrogens (tertiary/aromatic N) is 4. The van der Waals surface area contributed by atoms with Crippen molar-refractivity contribution in [1.29, 1.82) is 5.26 Å². The van der Waals surface area contributed by atoms with Gasteiger partial charge in [0.1, 0.15) is 17.5 Å². The number of rotatable bonds is 5. The van der Waals surface area contributed by atoms with Gasteiger partial charge in [-0.1, -0.05) is 43.3 Å². The van der Waals surface area contributed by atoms with Crippen molar-refractivity contribution in [2.75, 3.05) is 13.7 Å². The third-order valence-corrected chi connectivity index (χ3v) is 5.02. The summed E-state index contributed by atoms with van der Waals surface area (Å²) in [6.07, 6.45) is 0. The minimum Gasteiger partial charge on any atom is -0.396 e. The Kier molecular flexibility index (Phi) is 8.38. The minimum absolute atomic E-state index is 0.00300. The standard InChI is InChI=1S/C23H22N4O2.CH5N/c1-15(14-28)17-8-4-6-10-20(17)26-22(25-3)13-27-21-11-7-5-9-18(21)16(2)19(12-24)23(27)29;1-2/h4-11,15,28H,3,13-14H2,1-2H3;2H2,1H3. The summed E-state index contributed by atoms with van der Waals surface area (Å²) >= 11 is 0. The van der Waals surface area contributed by atoms with E-state index in [2.05, 4.69) is 22.4 Å². The lowest BCUT2D eigenvalue weighted by Gasteiger charge is -2.14. The average Bonchev–Trinajstić information content (AvgIpc) is 2.82. The fourth-order valence-corrected chi connectivity index (χ4v) is 3.36. The second-order valence-corrected chi connectivity index (χ2v) is 6.85. The Labute approximate surface area is 181 Å². The maximum atomic E-state index is 13.0. The number of aromatic nitrogens is 1. The predicted molar refractivity (Wildman–Crippen MR) is 126 cm³/mol. The maximum absolute atomic E-state index is 13.0. The number of aryl methyl sites for hydroxylation is 1. The monoisotopic (exact) mass is 417 g/mol. The molecule has 0 radical (unpaired) electrons. The van der Waals surface area contributed by atoms with Gasteiger partial charge in [-0.3, -0.25) is 9.36 Å². The van der Waals surface area contributed by atoms with E-state index < -0.39 is 0 Å². The van der Waals surface area contributed by atoms with E-state index >= 15 is 0 Å². The van der Waals surface area contributed by atoms with Crippen molar-refractivity contribution in [3.63, 3.8) is 0 Å². The number of nitrogens with two attached hydrogens (primary N) is 1. The first-order chi connectivity index (χ1) is 15.0. The molecule has 0 aliphatic rings. The van der Waals surface area contributed by atoms with Crippen LogP contribution in [-0.4, -0.2) is 35.9 Å². The zero-order chi connectivity index (χ0) is 23.0. The van der Waals surface area contributed by atoms with Crippen LogP contribution in [0.15, 0.2) is 63.3 Å². The lowest BCUT2D eigenvalue weighted by Crippen LogP contribution is -2.27. The molecule has 1 atom stereocenters. The minimum atomic E-state index is -0.378. The molecular weight excluding hydrogens is 390 g/mol. The average molecular weight is 418 g/mol. The van der Waals surface area contributed by atoms with Gasteiger partial charge in [0, 0.05) is 17.9 Å². The largest absolute Gasteiger partial charge is 0.396 e. The molecule has 0 fully saturated rings. The molecule has 31 heavy (non-hydrogen) atoms. The number of para-hydroxylation sites is 2. The van der Waals surface area contributed by atoms with Crippen molar-refractivity contribution in [3.8, 4) is 6.07 Å². The highest BCUT2D eigenvalue weighted by Gasteiger charge is 2.15. The summed E-state index contributed by atoms with van der Waals surface area (Å²) in [5, 5.41) is 19.8. The van der Waals surface area contributed by atoms with Gasteiger partial charge in [-0.2, -0.15) is 5.26 Å². The third-order valence-electron chi connectivity index (χ3n) is 5.02. The number of hydrogen-bond donors (Lipinski definition) is 2. The Morgan fingerprint density at radius 3 is 2.52 bits per heavy atom. The van der Waals surface area contributed by atoms with Crippen LogP contribution >= 0.6 is 0 Å². The van der Waals surface area contributed by atoms with Crippen LogP contribution in [0.4, 0.5) is 5.69 Å². The fourth-order valence-electron chi connectivity index (χ4n) is 3.36. The van der Waals surface area contributed by atoms with Crippen LogP contribution in [0.25, 0.3) is 10.9 Å². The maximum Gasteiger partial charge on any atom is 0.269 e. The molecule has 0 saturated heterocycles. The molecular formula is C24H27N5O2. The summed E-state index contributed by atoms with van der Waals surface area (Å²) < 4.78 is 1.51. The van der Waals surface area contributed by atoms with Gasteiger partial charge in [0.05, 0.1) is 17.7 Å². The summed E-state index contributed by atoms with van der Waals surface area (Å²) in [6, 6.07) is 17.0. The third kappa shape index (κ3) is 4.94. The van der Waals surface area contributed by atoms with E-state index in [0.717, 1.165) is 10.9 Å². The van der Waals surface area contributed by atoms with Crippen LogP contribution in [0.5, 0.6) is 0 Å². The van der Waals surface area contributed by atoms with Crippen LogP contribution in [-0.2, 0) is 6.54 Å². The first kappa shape index (κ1) is 23.7. The number of fused-ring (bicyclic) bond motifs is 1. The molecule has 1 heterocycles. The summed E-state index contributed by atoms with van der Waals surface area (Å²) in [7, 11) is 1.50. The summed E-state index contributed by atoms with van der Waals surface area (Å²) in [5.41, 5.74) is 7.16. The number of aliphatic hydroxyl groups is 1. The number of benzene rings is 2. The normalized spacial score (nSPS) is 11.9. The van der Waals surface area contributed by atoms with E-state index in [9.17, 15) is 15.2 Å². The highest BCUT2D eigenvalue weighted by molar-refractivity contribution is 5.91. The first-order valence-corrected chi connectivity index (χ1v) is 9.85. The van der Waals surface area contributed by atoms with Gasteiger partial charge >= 0.3 is 0 Å². The molecule has 3 aromatic rings. The molecule has 3 rings (SSSR count). The number of hydrogen-bond acceptors (Lipinski definition) is 5. The smallest absolute Gasteiger partial charge is 0.269 e. The lowest BCUT2D eigenvalue weighted by atomic mass is 10.0. The van der Waals surface area contributed by atoms with E-state index in [1.165, 1.54) is 11.6 Å². The van der Waals surface area contributed by atoms with Gasteiger partial charge in [-0.05, 0) is 43.9 Å². The van der Waals surface area contributed by atoms with E-state index in [1.807, 2.05) is 61.5 Å². The molecule has 0 aliphatic carbocycles. The van der Waals surface area contributed by atoms with Crippen molar-refractivity contribution in [1.82, 2.24) is 4.57 Å². The van der Waals surface area contributed by atoms with Gasteiger partial charge in [-0.15, -0.1) is 0 Å². The number of aliphatic hydroxyl groups excluding tert-OH is 1. The van der Waals surface area contributed by atoms with E-state index in [-0.39, 0.29) is 30.2 Å². The van der Waals surface area contributed by atoms with E-state index in [4.69, 9.17) is 0 Å². The molecule has 160 valence electrons. The van der Waals surface area contributed by atoms with Crippen molar-refractivity contribution < 1.29 is 5.11 Å². The van der Waals surface area contributed by atoms with E-state index in [0.29, 0.717) is 22.6 Å². The SMILES string of the molecule is C=NC(Cn1c(=O)c(C#N)c(C)c2ccccc21)=Nc1ccccc1C(C)CO.CN. The highest BCUT2D eigenvalue weighted by Crippen LogP contribution is 2.27. The molecule has 3 N–H and O–H groups in total. The Hall–Kier alpha value is -3.60. The van der Waals surface area contributed by atoms with E-state index in [1.54, 1.807) is 6.92 Å². The quantitative estimate of drug-likeness (QED) is 0.489. The van der Waals surface area contributed by atoms with Crippen molar-refractivity contribution in [2.45, 2.75) is 26.3 Å². The van der Waals surface area contributed by atoms with Crippen LogP contribution in [0, 0.1) is 18.3 Å². The van der Waals surface area contributed by atoms with Gasteiger partial charge in [-0.25, -0.2) is 9.98 Å². The van der Waals surface area contributed by atoms with Gasteiger partial charge in [0.2, 0.25) is 0 Å². The van der Waals surface area contributed by atoms with Crippen LogP contribution in [0.2, 0.25) is 0 Å². The number of aliphatic imine (C=N–C) groups is 2. The number of nitriles is 1. The van der Waals surface area contributed by atoms with Crippen molar-refractivity contribution in [3.05, 3.63) is 75.6 Å². The molecule has 7 heteroatoms. The molecule has 1 aromatic heterocycles. The van der Waals surface area contributed by atoms with Gasteiger partial charge in [0.15, 0.2) is 0 Å². The number of pyridine rings is 1. The van der Waals surface area contributed by atoms with Crippen molar-refractivity contribution in [2.24, 2.45) is 15.7 Å². The molecule has 0 bridgehead atoms. The highest BCUT2D eigenvalue weighted by atomic mass is 16.3. The second-order valence-electron chi connectivity index (χ2n) is 6.85. The fraction of sp³-hybridized carbons (Fsp3) is 0.250. The topological polar surface area (TPSA) is 117 Å². The Bertz CT molecular complexity index is 1200. The molecule has 1 unspecified atom stereocenters. The summed E-state index contributed by atoms with van der Waals surface area (Å²) in [4.78, 5) is 21.6. The first-order valence-electron chi connectivity index (χ1n) is 9.85. The molecule has 0 amide bonds. The summed E-state index contributed by atoms with van der Waals surface area (Å²) in [5.74, 6) is 0.261. The molecule has 0 aliphatic heterocycles. The van der Waals surface area contributed by atoms with Gasteiger partial charge < -0.3 is 10.8 Å². The van der Waals surface area contributed by atoms with Crippen LogP contribution in [0.1, 0.15) is 29.5 Å². The van der Waals surface area contributed by atoms with Crippen LogP contribution in [0.3, 0.4) is 0 Å². The predicted octanol–water partition coefficient (Wildman–Crippen LogP) is 3.28. The zero-order valence-electron chi connectivity index (χ0n) is 18.0.